The number of rotatable bonds is 18. The molecule has 14 nitrogen and oxygen atoms in total. The van der Waals surface area contributed by atoms with Crippen LogP contribution in [0.15, 0.2) is 0 Å². The molecule has 290 valence electrons. The largest absolute Gasteiger partial charge is 0.371 e. The molecule has 5 unspecified atom stereocenters. The minimum atomic E-state index is -1.21. The number of likely N-dealkylation sites (tertiary alicyclic amines) is 1. The Morgan fingerprint density at radius 2 is 1.47 bits per heavy atom. The molecule has 1 aliphatic heterocycles. The number of nitrogens with zero attached hydrogens (tertiary/aromatic N) is 1. The number of ether oxygens (including phenoxy) is 1. The molecule has 2 rings (SSSR count). The van der Waals surface area contributed by atoms with Gasteiger partial charge in [0, 0.05) is 19.4 Å². The Kier molecular flexibility index (Phi) is 17.0. The van der Waals surface area contributed by atoms with Crippen LogP contribution in [0.25, 0.3) is 0 Å². The number of hydrogen-bond donors (Lipinski definition) is 5. The molecule has 1 aliphatic carbocycles. The summed E-state index contributed by atoms with van der Waals surface area (Å²) in [5.41, 5.74) is 4.53. The Labute approximate surface area is 303 Å². The van der Waals surface area contributed by atoms with Crippen molar-refractivity contribution < 1.29 is 38.3 Å². The minimum absolute atomic E-state index is 0.0818. The van der Waals surface area contributed by atoms with E-state index in [4.69, 9.17) is 10.5 Å². The van der Waals surface area contributed by atoms with Gasteiger partial charge in [-0.25, -0.2) is 0 Å². The van der Waals surface area contributed by atoms with Crippen molar-refractivity contribution in [1.82, 2.24) is 26.2 Å². The second kappa shape index (κ2) is 19.9. The first-order chi connectivity index (χ1) is 23.8. The summed E-state index contributed by atoms with van der Waals surface area (Å²) in [5, 5.41) is 10.5. The molecule has 6 amide bonds. The molecule has 0 bridgehead atoms. The van der Waals surface area contributed by atoms with E-state index in [2.05, 4.69) is 21.3 Å². The van der Waals surface area contributed by atoms with Crippen molar-refractivity contribution in [3.63, 3.8) is 0 Å². The van der Waals surface area contributed by atoms with Crippen LogP contribution in [0.3, 0.4) is 0 Å². The minimum Gasteiger partial charge on any atom is -0.371 e. The van der Waals surface area contributed by atoms with Gasteiger partial charge < -0.3 is 36.6 Å². The van der Waals surface area contributed by atoms with Crippen molar-refractivity contribution >= 4 is 41.2 Å². The van der Waals surface area contributed by atoms with Gasteiger partial charge >= 0.3 is 0 Å². The van der Waals surface area contributed by atoms with Gasteiger partial charge in [0.25, 0.3) is 5.91 Å². The fourth-order valence-electron chi connectivity index (χ4n) is 6.78. The van der Waals surface area contributed by atoms with E-state index in [-0.39, 0.29) is 49.0 Å². The summed E-state index contributed by atoms with van der Waals surface area (Å²) in [5.74, 6) is -4.67. The van der Waals surface area contributed by atoms with Gasteiger partial charge in [-0.05, 0) is 57.8 Å². The Hall–Kier alpha value is -3.55. The summed E-state index contributed by atoms with van der Waals surface area (Å²) in [6.07, 6.45) is 6.82. The molecule has 2 aliphatic rings. The molecule has 14 heteroatoms. The number of hydrogen-bond acceptors (Lipinski definition) is 8. The number of amides is 6. The van der Waals surface area contributed by atoms with E-state index in [1.807, 2.05) is 48.5 Å². The smallest absolute Gasteiger partial charge is 0.290 e. The first-order valence-electron chi connectivity index (χ1n) is 18.7. The molecule has 0 radical (unpaired) electrons. The molecule has 1 saturated carbocycles. The van der Waals surface area contributed by atoms with Crippen molar-refractivity contribution in [1.29, 1.82) is 0 Å². The predicted molar refractivity (Wildman–Crippen MR) is 193 cm³/mol. The third-order valence-corrected chi connectivity index (χ3v) is 9.13. The summed E-state index contributed by atoms with van der Waals surface area (Å²) in [6.45, 7) is 14.8. The lowest BCUT2D eigenvalue weighted by Crippen LogP contribution is -2.58. The third-order valence-electron chi connectivity index (χ3n) is 9.13. The molecule has 0 aromatic heterocycles. The van der Waals surface area contributed by atoms with Crippen LogP contribution in [-0.2, 0) is 38.3 Å². The highest BCUT2D eigenvalue weighted by atomic mass is 16.5. The molecule has 6 N–H and O–H groups in total. The number of nitrogens with one attached hydrogen (secondary N) is 4. The van der Waals surface area contributed by atoms with E-state index in [1.165, 1.54) is 4.90 Å². The summed E-state index contributed by atoms with van der Waals surface area (Å²) in [7, 11) is 0. The van der Waals surface area contributed by atoms with Crippen LogP contribution in [0, 0.1) is 11.3 Å². The second-order valence-electron chi connectivity index (χ2n) is 16.3. The first kappa shape index (κ1) is 43.6. The predicted octanol–water partition coefficient (Wildman–Crippen LogP) is 2.40. The van der Waals surface area contributed by atoms with Crippen LogP contribution < -0.4 is 27.0 Å². The molecule has 0 spiro atoms. The standard InChI is InChI=1S/C37H64N6O8/c1-9-11-18-26(32(38)47)40-29(45)21-39-34(49)31(46)25(15-10-2)41-33(48)27-19-24(51-37(6,7)8)22-43(27)35(50)30(23-16-13-12-14-17-23)42-28(44)20-36(3,4)5/h23-27,30H,9-22H2,1-8H3,(H2,38,47)(H,39,49)(H,40,45)(H,41,48)(H,42,44). The van der Waals surface area contributed by atoms with Crippen LogP contribution in [-0.4, -0.2) is 95.1 Å². The average Bonchev–Trinajstić information content (AvgIpc) is 3.45. The van der Waals surface area contributed by atoms with E-state index >= 15 is 0 Å². The Morgan fingerprint density at radius 3 is 2.02 bits per heavy atom. The lowest BCUT2D eigenvalue weighted by atomic mass is 9.82. The molecular formula is C37H64N6O8. The maximum absolute atomic E-state index is 14.4. The van der Waals surface area contributed by atoms with Gasteiger partial charge in [-0.15, -0.1) is 0 Å². The number of Topliss-reactive ketones (excluding diaryl/α,β-unsaturated/α-hetero) is 1. The van der Waals surface area contributed by atoms with Crippen LogP contribution in [0.2, 0.25) is 0 Å². The first-order valence-corrected chi connectivity index (χ1v) is 18.7. The van der Waals surface area contributed by atoms with Crippen LogP contribution in [0.5, 0.6) is 0 Å². The lowest BCUT2D eigenvalue weighted by molar-refractivity contribution is -0.145. The van der Waals surface area contributed by atoms with E-state index in [0.29, 0.717) is 19.3 Å². The zero-order valence-corrected chi connectivity index (χ0v) is 32.2. The highest BCUT2D eigenvalue weighted by Crippen LogP contribution is 2.31. The monoisotopic (exact) mass is 720 g/mol. The number of ketones is 1. The molecule has 1 saturated heterocycles. The van der Waals surface area contributed by atoms with E-state index in [0.717, 1.165) is 38.5 Å². The van der Waals surface area contributed by atoms with Crippen LogP contribution in [0.4, 0.5) is 0 Å². The third kappa shape index (κ3) is 14.9. The number of carbonyl (C=O) groups excluding carboxylic acids is 7. The zero-order valence-electron chi connectivity index (χ0n) is 32.2. The van der Waals surface area contributed by atoms with Crippen molar-refractivity contribution in [3.8, 4) is 0 Å². The zero-order chi connectivity index (χ0) is 38.5. The van der Waals surface area contributed by atoms with Crippen molar-refractivity contribution in [2.24, 2.45) is 17.1 Å². The Bertz CT molecular complexity index is 1240. The topological polar surface area (TPSA) is 206 Å². The van der Waals surface area contributed by atoms with Crippen molar-refractivity contribution in [2.45, 2.75) is 168 Å². The van der Waals surface area contributed by atoms with E-state index in [9.17, 15) is 33.6 Å². The summed E-state index contributed by atoms with van der Waals surface area (Å²) in [6, 6.07) is -3.94. The van der Waals surface area contributed by atoms with Gasteiger partial charge in [-0.3, -0.25) is 33.6 Å². The van der Waals surface area contributed by atoms with Crippen LogP contribution >= 0.6 is 0 Å². The van der Waals surface area contributed by atoms with E-state index < -0.39 is 71.8 Å². The maximum atomic E-state index is 14.4. The highest BCUT2D eigenvalue weighted by Gasteiger charge is 2.46. The number of unbranched alkanes of at least 4 members (excludes halogenated alkanes) is 1. The molecule has 1 heterocycles. The number of nitrogens with two attached hydrogens (primary N) is 1. The van der Waals surface area contributed by atoms with Gasteiger partial charge in [0.2, 0.25) is 35.3 Å². The summed E-state index contributed by atoms with van der Waals surface area (Å²) < 4.78 is 6.23. The fourth-order valence-corrected chi connectivity index (χ4v) is 6.78. The maximum Gasteiger partial charge on any atom is 0.290 e. The summed E-state index contributed by atoms with van der Waals surface area (Å²) in [4.78, 5) is 93.4. The van der Waals surface area contributed by atoms with Crippen LogP contribution in [0.1, 0.15) is 132 Å². The quantitative estimate of drug-likeness (QED) is 0.133. The molecular weight excluding hydrogens is 656 g/mol. The molecule has 5 atom stereocenters. The highest BCUT2D eigenvalue weighted by molar-refractivity contribution is 6.38. The van der Waals surface area contributed by atoms with Gasteiger partial charge in [0.05, 0.1) is 24.3 Å². The molecule has 0 aromatic carbocycles. The SMILES string of the molecule is CCCCC(NC(=O)CNC(=O)C(=O)C(CCC)NC(=O)C1CC(OC(C)(C)C)CN1C(=O)C(NC(=O)CC(C)(C)C)C1CCCCC1)C(N)=O. The Morgan fingerprint density at radius 1 is 0.824 bits per heavy atom. The molecule has 0 aromatic rings. The molecule has 2 fully saturated rings. The average molecular weight is 721 g/mol. The van der Waals surface area contributed by atoms with Gasteiger partial charge in [0.15, 0.2) is 0 Å². The fraction of sp³-hybridized carbons (Fsp3) is 0.811. The summed E-state index contributed by atoms with van der Waals surface area (Å²) >= 11 is 0. The van der Waals surface area contributed by atoms with Gasteiger partial charge in [-0.2, -0.15) is 0 Å². The number of primary amides is 1. The van der Waals surface area contributed by atoms with Crippen molar-refractivity contribution in [2.75, 3.05) is 13.1 Å². The molecule has 51 heavy (non-hydrogen) atoms. The van der Waals surface area contributed by atoms with Gasteiger partial charge in [0.1, 0.15) is 18.1 Å². The van der Waals surface area contributed by atoms with E-state index in [1.54, 1.807) is 6.92 Å². The second-order valence-corrected chi connectivity index (χ2v) is 16.3. The van der Waals surface area contributed by atoms with Crippen molar-refractivity contribution in [3.05, 3.63) is 0 Å². The normalized spacial score (nSPS) is 20.1. The van der Waals surface area contributed by atoms with Gasteiger partial charge in [-0.1, -0.05) is 73.1 Å². The Balaban J connectivity index is 2.26. The lowest BCUT2D eigenvalue weighted by Gasteiger charge is -2.35. The number of carbonyl (C=O) groups is 7.